The van der Waals surface area contributed by atoms with E-state index in [1.54, 1.807) is 0 Å². The normalized spacial score (nSPS) is 30.3. The Labute approximate surface area is 155 Å². The van der Waals surface area contributed by atoms with E-state index < -0.39 is 36.4 Å². The molecule has 148 valence electrons. The first-order valence-corrected chi connectivity index (χ1v) is 9.51. The maximum absolute atomic E-state index is 10.1. The zero-order valence-corrected chi connectivity index (χ0v) is 15.2. The van der Waals surface area contributed by atoms with Crippen molar-refractivity contribution in [3.05, 3.63) is 35.9 Å². The Hall–Kier alpha value is -1.02. The molecule has 1 aromatic rings. The van der Waals surface area contributed by atoms with Gasteiger partial charge in [0.05, 0.1) is 18.3 Å². The lowest BCUT2D eigenvalue weighted by molar-refractivity contribution is -0.179. The Balaban J connectivity index is 1.61. The summed E-state index contributed by atoms with van der Waals surface area (Å²) >= 11 is 0. The summed E-state index contributed by atoms with van der Waals surface area (Å²) in [4.78, 5) is 0. The highest BCUT2D eigenvalue weighted by molar-refractivity contribution is 5.14. The number of rotatable bonds is 10. The summed E-state index contributed by atoms with van der Waals surface area (Å²) in [6, 6.07) is 10.3. The molecule has 6 nitrogen and oxygen atoms in total. The third-order valence-corrected chi connectivity index (χ3v) is 5.21. The zero-order chi connectivity index (χ0) is 18.9. The predicted octanol–water partition coefficient (Wildman–Crippen LogP) is 0.630. The van der Waals surface area contributed by atoms with Gasteiger partial charge in [-0.05, 0) is 37.7 Å². The van der Waals surface area contributed by atoms with Crippen LogP contribution in [0.5, 0.6) is 0 Å². The number of benzene rings is 1. The Morgan fingerprint density at radius 2 is 1.69 bits per heavy atom. The summed E-state index contributed by atoms with van der Waals surface area (Å²) in [5, 5.41) is 48.9. The van der Waals surface area contributed by atoms with Crippen molar-refractivity contribution in [1.82, 2.24) is 0 Å². The van der Waals surface area contributed by atoms with Crippen molar-refractivity contribution >= 4 is 0 Å². The van der Waals surface area contributed by atoms with Crippen molar-refractivity contribution in [3.8, 4) is 0 Å². The van der Waals surface area contributed by atoms with Gasteiger partial charge in [0.15, 0.2) is 0 Å². The molecule has 1 aliphatic carbocycles. The first kappa shape index (κ1) is 21.3. The summed E-state index contributed by atoms with van der Waals surface area (Å²) in [5.41, 5.74) is 1.30. The van der Waals surface area contributed by atoms with Crippen LogP contribution in [-0.4, -0.2) is 69.3 Å². The molecule has 0 spiro atoms. The van der Waals surface area contributed by atoms with E-state index >= 15 is 0 Å². The van der Waals surface area contributed by atoms with Crippen LogP contribution in [0.1, 0.15) is 37.7 Å². The van der Waals surface area contributed by atoms with Gasteiger partial charge in [0.25, 0.3) is 0 Å². The van der Waals surface area contributed by atoms with Crippen LogP contribution in [-0.2, 0) is 11.2 Å². The van der Waals surface area contributed by atoms with Gasteiger partial charge in [-0.1, -0.05) is 36.8 Å². The summed E-state index contributed by atoms with van der Waals surface area (Å²) in [5.74, 6) is -0.513. The van der Waals surface area contributed by atoms with Crippen LogP contribution in [0.3, 0.4) is 0 Å². The maximum Gasteiger partial charge on any atom is 0.109 e. The molecule has 0 radical (unpaired) electrons. The molecule has 6 atom stereocenters. The molecule has 6 unspecified atom stereocenters. The number of hydrogen-bond donors (Lipinski definition) is 5. The molecular formula is C20H32O6. The van der Waals surface area contributed by atoms with Gasteiger partial charge in [0.2, 0.25) is 0 Å². The minimum absolute atomic E-state index is 0.266. The van der Waals surface area contributed by atoms with E-state index in [0.29, 0.717) is 12.8 Å². The smallest absolute Gasteiger partial charge is 0.109 e. The van der Waals surface area contributed by atoms with E-state index in [4.69, 9.17) is 4.74 Å². The highest BCUT2D eigenvalue weighted by atomic mass is 16.5. The fourth-order valence-electron chi connectivity index (χ4n) is 3.48. The fraction of sp³-hybridized carbons (Fsp3) is 0.700. The van der Waals surface area contributed by atoms with Crippen LogP contribution < -0.4 is 0 Å². The standard InChI is InChI=1S/C20H32O6/c21-13-15-12-17(19(24)20(25)18(15)23)26-11-10-16(22)9-5-4-8-14-6-2-1-3-7-14/h1-3,6-7,15-25H,4-5,8-13H2. The average molecular weight is 368 g/mol. The van der Waals surface area contributed by atoms with Crippen molar-refractivity contribution in [2.45, 2.75) is 69.0 Å². The first-order chi connectivity index (χ1) is 12.5. The van der Waals surface area contributed by atoms with Crippen molar-refractivity contribution in [3.63, 3.8) is 0 Å². The lowest BCUT2D eigenvalue weighted by Crippen LogP contribution is -2.55. The van der Waals surface area contributed by atoms with Crippen LogP contribution in [0.25, 0.3) is 0 Å². The van der Waals surface area contributed by atoms with Gasteiger partial charge in [-0.3, -0.25) is 0 Å². The number of aliphatic hydroxyl groups excluding tert-OH is 5. The van der Waals surface area contributed by atoms with Crippen molar-refractivity contribution in [2.24, 2.45) is 5.92 Å². The number of unbranched alkanes of at least 4 members (excludes halogenated alkanes) is 1. The van der Waals surface area contributed by atoms with E-state index in [-0.39, 0.29) is 19.6 Å². The van der Waals surface area contributed by atoms with E-state index in [0.717, 1.165) is 19.3 Å². The van der Waals surface area contributed by atoms with Gasteiger partial charge in [0.1, 0.15) is 12.2 Å². The molecule has 0 aromatic heterocycles. The largest absolute Gasteiger partial charge is 0.396 e. The van der Waals surface area contributed by atoms with E-state index in [9.17, 15) is 25.5 Å². The highest BCUT2D eigenvalue weighted by Gasteiger charge is 2.42. The lowest BCUT2D eigenvalue weighted by atomic mass is 9.81. The third kappa shape index (κ3) is 6.30. The quantitative estimate of drug-likeness (QED) is 0.388. The summed E-state index contributed by atoms with van der Waals surface area (Å²) in [6.45, 7) is -0.00259. The van der Waals surface area contributed by atoms with Crippen molar-refractivity contribution in [1.29, 1.82) is 0 Å². The fourth-order valence-corrected chi connectivity index (χ4v) is 3.48. The molecule has 0 saturated heterocycles. The number of aryl methyl sites for hydroxylation is 1. The lowest BCUT2D eigenvalue weighted by Gasteiger charge is -2.39. The monoisotopic (exact) mass is 368 g/mol. The molecule has 5 N–H and O–H groups in total. The Morgan fingerprint density at radius 1 is 0.962 bits per heavy atom. The molecule has 1 aliphatic rings. The highest BCUT2D eigenvalue weighted by Crippen LogP contribution is 2.27. The van der Waals surface area contributed by atoms with Crippen LogP contribution in [0.4, 0.5) is 0 Å². The summed E-state index contributed by atoms with van der Waals surface area (Å²) in [6.07, 6.45) is -0.378. The van der Waals surface area contributed by atoms with E-state index in [2.05, 4.69) is 12.1 Å². The molecule has 0 heterocycles. The molecule has 1 saturated carbocycles. The Kier molecular flexibility index (Phi) is 8.98. The number of aliphatic hydroxyl groups is 5. The molecule has 1 fully saturated rings. The van der Waals surface area contributed by atoms with E-state index in [1.807, 2.05) is 18.2 Å². The molecule has 2 rings (SSSR count). The van der Waals surface area contributed by atoms with Crippen molar-refractivity contribution in [2.75, 3.05) is 13.2 Å². The first-order valence-electron chi connectivity index (χ1n) is 9.51. The topological polar surface area (TPSA) is 110 Å². The molecule has 6 heteroatoms. The number of ether oxygens (including phenoxy) is 1. The van der Waals surface area contributed by atoms with Crippen LogP contribution in [0.2, 0.25) is 0 Å². The zero-order valence-electron chi connectivity index (χ0n) is 15.2. The maximum atomic E-state index is 10.1. The predicted molar refractivity (Wildman–Crippen MR) is 97.6 cm³/mol. The van der Waals surface area contributed by atoms with Gasteiger partial charge < -0.3 is 30.3 Å². The molecule has 0 amide bonds. The average Bonchev–Trinajstić information content (AvgIpc) is 2.66. The molecule has 26 heavy (non-hydrogen) atoms. The van der Waals surface area contributed by atoms with Gasteiger partial charge in [-0.15, -0.1) is 0 Å². The minimum atomic E-state index is -1.33. The molecule has 0 aliphatic heterocycles. The van der Waals surface area contributed by atoms with Gasteiger partial charge in [0, 0.05) is 19.1 Å². The Morgan fingerprint density at radius 3 is 2.38 bits per heavy atom. The van der Waals surface area contributed by atoms with Gasteiger partial charge in [-0.2, -0.15) is 0 Å². The molecular weight excluding hydrogens is 336 g/mol. The minimum Gasteiger partial charge on any atom is -0.396 e. The van der Waals surface area contributed by atoms with Crippen LogP contribution >= 0.6 is 0 Å². The third-order valence-electron chi connectivity index (χ3n) is 5.21. The van der Waals surface area contributed by atoms with Gasteiger partial charge >= 0.3 is 0 Å². The molecule has 0 bridgehead atoms. The van der Waals surface area contributed by atoms with E-state index in [1.165, 1.54) is 5.56 Å². The second-order valence-corrected chi connectivity index (χ2v) is 7.23. The molecule has 1 aromatic carbocycles. The van der Waals surface area contributed by atoms with Crippen LogP contribution in [0, 0.1) is 5.92 Å². The van der Waals surface area contributed by atoms with Crippen molar-refractivity contribution < 1.29 is 30.3 Å². The number of hydrogen-bond acceptors (Lipinski definition) is 6. The second-order valence-electron chi connectivity index (χ2n) is 7.23. The van der Waals surface area contributed by atoms with Crippen LogP contribution in [0.15, 0.2) is 30.3 Å². The van der Waals surface area contributed by atoms with Gasteiger partial charge in [-0.25, -0.2) is 0 Å². The summed E-state index contributed by atoms with van der Waals surface area (Å²) in [7, 11) is 0. The second kappa shape index (κ2) is 11.0. The summed E-state index contributed by atoms with van der Waals surface area (Å²) < 4.78 is 5.60. The SMILES string of the molecule is OCC1CC(OCCC(O)CCCCc2ccccc2)C(O)C(O)C1O. The Bertz CT molecular complexity index is 494.